The van der Waals surface area contributed by atoms with Crippen molar-refractivity contribution in [3.8, 4) is 0 Å². The summed E-state index contributed by atoms with van der Waals surface area (Å²) in [6.07, 6.45) is 5.98. The molecule has 1 aliphatic carbocycles. The minimum atomic E-state index is -0.884. The van der Waals surface area contributed by atoms with Crippen LogP contribution in [0.3, 0.4) is 0 Å². The van der Waals surface area contributed by atoms with Crippen LogP contribution in [-0.4, -0.2) is 60.8 Å². The molecule has 1 aliphatic heterocycles. The second-order valence-corrected chi connectivity index (χ2v) is 7.06. The predicted molar refractivity (Wildman–Crippen MR) is 79.5 cm³/mol. The first-order chi connectivity index (χ1) is 9.37. The van der Waals surface area contributed by atoms with Gasteiger partial charge in [0.05, 0.1) is 11.6 Å². The molecule has 0 aromatic heterocycles. The van der Waals surface area contributed by atoms with Gasteiger partial charge >= 0.3 is 0 Å². The summed E-state index contributed by atoms with van der Waals surface area (Å²) in [5.74, 6) is 0.709. The average molecular weight is 283 g/mol. The van der Waals surface area contributed by atoms with Crippen LogP contribution in [0, 0.1) is 5.92 Å². The predicted octanol–water partition coefficient (Wildman–Crippen LogP) is 0.336. The Morgan fingerprint density at radius 2 is 2.10 bits per heavy atom. The van der Waals surface area contributed by atoms with Crippen molar-refractivity contribution in [1.82, 2.24) is 15.5 Å². The van der Waals surface area contributed by atoms with Gasteiger partial charge in [-0.3, -0.25) is 4.79 Å². The highest BCUT2D eigenvalue weighted by Crippen LogP contribution is 2.33. The Kier molecular flexibility index (Phi) is 5.04. The number of amides is 1. The molecule has 1 saturated carbocycles. The number of rotatable bonds is 5. The van der Waals surface area contributed by atoms with Gasteiger partial charge in [0.25, 0.3) is 0 Å². The normalized spacial score (nSPS) is 32.8. The molecule has 0 aromatic carbocycles. The van der Waals surface area contributed by atoms with E-state index in [9.17, 15) is 9.90 Å². The minimum Gasteiger partial charge on any atom is -0.387 e. The maximum atomic E-state index is 12.2. The van der Waals surface area contributed by atoms with E-state index in [0.717, 1.165) is 6.42 Å². The van der Waals surface area contributed by atoms with Crippen molar-refractivity contribution in [2.45, 2.75) is 56.7 Å². The molecule has 20 heavy (non-hydrogen) atoms. The summed E-state index contributed by atoms with van der Waals surface area (Å²) >= 11 is 0. The van der Waals surface area contributed by atoms with Crippen LogP contribution >= 0.6 is 0 Å². The molecule has 4 unspecified atom stereocenters. The van der Waals surface area contributed by atoms with E-state index in [-0.39, 0.29) is 11.9 Å². The van der Waals surface area contributed by atoms with E-state index in [4.69, 9.17) is 0 Å². The lowest BCUT2D eigenvalue weighted by atomic mass is 9.85. The highest BCUT2D eigenvalue weighted by atomic mass is 16.3. The number of fused-ring (bicyclic) bond motifs is 1. The first-order valence-electron chi connectivity index (χ1n) is 7.78. The lowest BCUT2D eigenvalue weighted by molar-refractivity contribution is -0.124. The van der Waals surface area contributed by atoms with Crippen molar-refractivity contribution in [1.29, 1.82) is 0 Å². The Labute approximate surface area is 122 Å². The molecule has 0 spiro atoms. The Hall–Kier alpha value is -0.650. The first-order valence-corrected chi connectivity index (χ1v) is 7.78. The number of nitrogens with zero attached hydrogens (tertiary/aromatic N) is 1. The number of carbonyl (C=O) groups excluding carboxylic acids is 1. The van der Waals surface area contributed by atoms with Crippen LogP contribution in [0.2, 0.25) is 0 Å². The van der Waals surface area contributed by atoms with Crippen molar-refractivity contribution in [2.24, 2.45) is 5.92 Å². The van der Waals surface area contributed by atoms with Crippen LogP contribution in [0.15, 0.2) is 0 Å². The quantitative estimate of drug-likeness (QED) is 0.681. The van der Waals surface area contributed by atoms with Gasteiger partial charge in [0, 0.05) is 19.1 Å². The SMILES string of the molecule is CN(C)CC(C)(O)CNC(=O)C1CC2CCCCC2N1. The Balaban J connectivity index is 1.78. The van der Waals surface area contributed by atoms with Crippen LogP contribution in [0.25, 0.3) is 0 Å². The van der Waals surface area contributed by atoms with Crippen LogP contribution in [0.4, 0.5) is 0 Å². The third-order valence-electron chi connectivity index (χ3n) is 4.48. The summed E-state index contributed by atoms with van der Waals surface area (Å²) < 4.78 is 0. The van der Waals surface area contributed by atoms with Gasteiger partial charge in [-0.1, -0.05) is 12.8 Å². The number of likely N-dealkylation sites (N-methyl/N-ethyl adjacent to an activating group) is 1. The minimum absolute atomic E-state index is 0.0402. The molecule has 1 heterocycles. The summed E-state index contributed by atoms with van der Waals surface area (Å²) in [5, 5.41) is 16.6. The molecule has 3 N–H and O–H groups in total. The maximum absolute atomic E-state index is 12.2. The zero-order valence-corrected chi connectivity index (χ0v) is 13.0. The fraction of sp³-hybridized carbons (Fsp3) is 0.933. The summed E-state index contributed by atoms with van der Waals surface area (Å²) in [6, 6.07) is 0.458. The fourth-order valence-corrected chi connectivity index (χ4v) is 3.66. The number of carbonyl (C=O) groups is 1. The molecule has 0 radical (unpaired) electrons. The second kappa shape index (κ2) is 6.41. The standard InChI is InChI=1S/C15H29N3O2/c1-15(20,10-18(2)3)9-16-14(19)13-8-11-6-4-5-7-12(11)17-13/h11-13,17,20H,4-10H2,1-3H3,(H,16,19). The Bertz CT molecular complexity index is 330. The van der Waals surface area contributed by atoms with Crippen molar-refractivity contribution in [3.05, 3.63) is 0 Å². The lowest BCUT2D eigenvalue weighted by Gasteiger charge is -2.27. The topological polar surface area (TPSA) is 64.6 Å². The zero-order valence-electron chi connectivity index (χ0n) is 13.0. The fourth-order valence-electron chi connectivity index (χ4n) is 3.66. The van der Waals surface area contributed by atoms with Crippen LogP contribution < -0.4 is 10.6 Å². The monoisotopic (exact) mass is 283 g/mol. The number of aliphatic hydroxyl groups is 1. The summed E-state index contributed by atoms with van der Waals surface area (Å²) in [4.78, 5) is 14.1. The zero-order chi connectivity index (χ0) is 14.8. The van der Waals surface area contributed by atoms with Crippen molar-refractivity contribution < 1.29 is 9.90 Å². The maximum Gasteiger partial charge on any atom is 0.237 e. The van der Waals surface area contributed by atoms with Gasteiger partial charge in [-0.15, -0.1) is 0 Å². The largest absolute Gasteiger partial charge is 0.387 e. The number of hydrogen-bond acceptors (Lipinski definition) is 4. The number of hydrogen-bond donors (Lipinski definition) is 3. The molecule has 2 aliphatic rings. The molecule has 4 atom stereocenters. The van der Waals surface area contributed by atoms with E-state index in [0.29, 0.717) is 25.0 Å². The van der Waals surface area contributed by atoms with Crippen molar-refractivity contribution >= 4 is 5.91 Å². The second-order valence-electron chi connectivity index (χ2n) is 7.06. The van der Waals surface area contributed by atoms with Gasteiger partial charge < -0.3 is 20.6 Å². The molecule has 1 saturated heterocycles. The van der Waals surface area contributed by atoms with E-state index >= 15 is 0 Å². The van der Waals surface area contributed by atoms with Crippen LogP contribution in [0.1, 0.15) is 39.0 Å². The third kappa shape index (κ3) is 4.17. The average Bonchev–Trinajstić information content (AvgIpc) is 2.78. The molecule has 1 amide bonds. The van der Waals surface area contributed by atoms with E-state index in [1.807, 2.05) is 19.0 Å². The van der Waals surface area contributed by atoms with Gasteiger partial charge in [-0.2, -0.15) is 0 Å². The lowest BCUT2D eigenvalue weighted by Crippen LogP contribution is -2.51. The molecule has 0 bridgehead atoms. The molecule has 116 valence electrons. The van der Waals surface area contributed by atoms with Gasteiger partial charge in [-0.25, -0.2) is 0 Å². The van der Waals surface area contributed by atoms with Gasteiger partial charge in [0.1, 0.15) is 0 Å². The third-order valence-corrected chi connectivity index (χ3v) is 4.48. The van der Waals surface area contributed by atoms with Crippen molar-refractivity contribution in [2.75, 3.05) is 27.2 Å². The number of nitrogens with one attached hydrogen (secondary N) is 2. The summed E-state index contributed by atoms with van der Waals surface area (Å²) in [7, 11) is 3.83. The molecule has 5 heteroatoms. The summed E-state index contributed by atoms with van der Waals surface area (Å²) in [5.41, 5.74) is -0.884. The van der Waals surface area contributed by atoms with Crippen LogP contribution in [0.5, 0.6) is 0 Å². The van der Waals surface area contributed by atoms with E-state index in [2.05, 4.69) is 10.6 Å². The molecule has 0 aromatic rings. The molecule has 5 nitrogen and oxygen atoms in total. The van der Waals surface area contributed by atoms with Gasteiger partial charge in [0.2, 0.25) is 5.91 Å². The highest BCUT2D eigenvalue weighted by molar-refractivity contribution is 5.82. The summed E-state index contributed by atoms with van der Waals surface area (Å²) in [6.45, 7) is 2.60. The van der Waals surface area contributed by atoms with Crippen LogP contribution in [-0.2, 0) is 4.79 Å². The van der Waals surface area contributed by atoms with Gasteiger partial charge in [0.15, 0.2) is 0 Å². The van der Waals surface area contributed by atoms with Gasteiger partial charge in [-0.05, 0) is 46.2 Å². The Morgan fingerprint density at radius 3 is 2.75 bits per heavy atom. The first kappa shape index (κ1) is 15.7. The molecular formula is C15H29N3O2. The van der Waals surface area contributed by atoms with Crippen molar-refractivity contribution in [3.63, 3.8) is 0 Å². The van der Waals surface area contributed by atoms with E-state index < -0.39 is 5.60 Å². The Morgan fingerprint density at radius 1 is 1.40 bits per heavy atom. The van der Waals surface area contributed by atoms with E-state index in [1.54, 1.807) is 6.92 Å². The molecular weight excluding hydrogens is 254 g/mol. The van der Waals surface area contributed by atoms with E-state index in [1.165, 1.54) is 25.7 Å². The smallest absolute Gasteiger partial charge is 0.237 e. The molecule has 2 fully saturated rings. The molecule has 2 rings (SSSR count). The highest BCUT2D eigenvalue weighted by Gasteiger charge is 2.38.